The highest BCUT2D eigenvalue weighted by molar-refractivity contribution is 5.77. The predicted molar refractivity (Wildman–Crippen MR) is 38.6 cm³/mol. The fourth-order valence-electron chi connectivity index (χ4n) is 0.661. The molecule has 62 valence electrons. The van der Waals surface area contributed by atoms with E-state index in [0.717, 1.165) is 0 Å². The van der Waals surface area contributed by atoms with Crippen molar-refractivity contribution in [3.05, 3.63) is 10.4 Å². The number of nitrogens with zero attached hydrogens (tertiary/aromatic N) is 3. The Morgan fingerprint density at radius 1 is 1.91 bits per heavy atom. The van der Waals surface area contributed by atoms with E-state index in [1.807, 2.05) is 0 Å². The molecule has 0 rings (SSSR count). The molecule has 0 fully saturated rings. The van der Waals surface area contributed by atoms with Crippen LogP contribution in [0, 0.1) is 0 Å². The first-order valence-corrected chi connectivity index (χ1v) is 3.15. The van der Waals surface area contributed by atoms with Crippen molar-refractivity contribution >= 4 is 5.97 Å². The molecule has 11 heavy (non-hydrogen) atoms. The Morgan fingerprint density at radius 3 is 2.73 bits per heavy atom. The van der Waals surface area contributed by atoms with Crippen LogP contribution in [0.15, 0.2) is 5.11 Å². The maximum atomic E-state index is 10.4. The number of hydrogen-bond donors (Lipinski definition) is 2. The summed E-state index contributed by atoms with van der Waals surface area (Å²) in [6.07, 6.45) is 0.703. The van der Waals surface area contributed by atoms with Crippen molar-refractivity contribution in [1.29, 1.82) is 0 Å². The van der Waals surface area contributed by atoms with Gasteiger partial charge in [-0.3, -0.25) is 4.79 Å². The molecule has 0 bridgehead atoms. The molecule has 0 heterocycles. The van der Waals surface area contributed by atoms with Gasteiger partial charge in [0.15, 0.2) is 5.66 Å². The van der Waals surface area contributed by atoms with Crippen LogP contribution in [0.25, 0.3) is 10.4 Å². The molecule has 0 amide bonds. The van der Waals surface area contributed by atoms with Crippen LogP contribution in [0.4, 0.5) is 0 Å². The van der Waals surface area contributed by atoms with Gasteiger partial charge in [-0.1, -0.05) is 18.5 Å². The van der Waals surface area contributed by atoms with E-state index >= 15 is 0 Å². The smallest absolute Gasteiger partial charge is 0.329 e. The number of aliphatic carboxylic acids is 1. The van der Waals surface area contributed by atoms with Crippen LogP contribution in [0.2, 0.25) is 0 Å². The molecule has 0 radical (unpaired) electrons. The maximum Gasteiger partial charge on any atom is 0.329 e. The molecule has 0 aliphatic heterocycles. The van der Waals surface area contributed by atoms with E-state index in [0.29, 0.717) is 6.42 Å². The standard InChI is InChI=1S/C5H10N4O2/c1-2-3-5(6,4(10)11)8-9-7/h2-3,6H2,1H3,(H,10,11). The molecule has 0 aliphatic rings. The lowest BCUT2D eigenvalue weighted by molar-refractivity contribution is -0.143. The van der Waals surface area contributed by atoms with Crippen LogP contribution in [0.5, 0.6) is 0 Å². The molecule has 6 nitrogen and oxygen atoms in total. The average Bonchev–Trinajstić information content (AvgIpc) is 1.88. The van der Waals surface area contributed by atoms with Crippen molar-refractivity contribution in [2.45, 2.75) is 25.4 Å². The zero-order chi connectivity index (χ0) is 8.91. The van der Waals surface area contributed by atoms with Gasteiger partial charge in [0, 0.05) is 4.91 Å². The number of hydrogen-bond acceptors (Lipinski definition) is 3. The normalized spacial score (nSPS) is 14.7. The molecule has 3 N–H and O–H groups in total. The lowest BCUT2D eigenvalue weighted by Gasteiger charge is -2.16. The second kappa shape index (κ2) is 3.80. The summed E-state index contributed by atoms with van der Waals surface area (Å²) >= 11 is 0. The summed E-state index contributed by atoms with van der Waals surface area (Å²) in [5.74, 6) is -1.29. The second-order valence-corrected chi connectivity index (χ2v) is 2.17. The van der Waals surface area contributed by atoms with Crippen molar-refractivity contribution in [3.63, 3.8) is 0 Å². The van der Waals surface area contributed by atoms with Crippen molar-refractivity contribution in [2.75, 3.05) is 0 Å². The lowest BCUT2D eigenvalue weighted by atomic mass is 10.1. The van der Waals surface area contributed by atoms with E-state index in [9.17, 15) is 4.79 Å². The topological polar surface area (TPSA) is 112 Å². The van der Waals surface area contributed by atoms with Gasteiger partial charge in [-0.25, -0.2) is 0 Å². The van der Waals surface area contributed by atoms with Crippen molar-refractivity contribution in [2.24, 2.45) is 10.8 Å². The molecule has 0 aromatic carbocycles. The summed E-state index contributed by atoms with van der Waals surface area (Å²) in [5.41, 5.74) is 11.5. The molecule has 0 spiro atoms. The summed E-state index contributed by atoms with van der Waals surface area (Å²) in [6.45, 7) is 1.76. The molecule has 6 heteroatoms. The summed E-state index contributed by atoms with van der Waals surface area (Å²) in [4.78, 5) is 12.8. The molecular formula is C5H10N4O2. The Kier molecular flexibility index (Phi) is 3.36. The molecule has 1 atom stereocenters. The third-order valence-electron chi connectivity index (χ3n) is 1.22. The first-order chi connectivity index (χ1) is 5.06. The Bertz CT molecular complexity index is 195. The highest BCUT2D eigenvalue weighted by atomic mass is 16.4. The molecule has 0 saturated heterocycles. The first-order valence-electron chi connectivity index (χ1n) is 3.15. The van der Waals surface area contributed by atoms with Gasteiger partial charge in [0.1, 0.15) is 0 Å². The van der Waals surface area contributed by atoms with Crippen molar-refractivity contribution in [3.8, 4) is 0 Å². The number of rotatable bonds is 4. The lowest BCUT2D eigenvalue weighted by Crippen LogP contribution is -2.45. The van der Waals surface area contributed by atoms with Gasteiger partial charge < -0.3 is 10.8 Å². The van der Waals surface area contributed by atoms with Crippen LogP contribution in [-0.4, -0.2) is 16.7 Å². The zero-order valence-electron chi connectivity index (χ0n) is 6.19. The van der Waals surface area contributed by atoms with Crippen LogP contribution in [0.1, 0.15) is 19.8 Å². The fraction of sp³-hybridized carbons (Fsp3) is 0.800. The Labute approximate surface area is 63.6 Å². The van der Waals surface area contributed by atoms with Crippen LogP contribution in [0.3, 0.4) is 0 Å². The van der Waals surface area contributed by atoms with Crippen LogP contribution in [-0.2, 0) is 4.79 Å². The fourth-order valence-corrected chi connectivity index (χ4v) is 0.661. The van der Waals surface area contributed by atoms with E-state index in [4.69, 9.17) is 16.4 Å². The summed E-state index contributed by atoms with van der Waals surface area (Å²) < 4.78 is 0. The van der Waals surface area contributed by atoms with E-state index in [-0.39, 0.29) is 6.42 Å². The Balaban J connectivity index is 4.51. The monoisotopic (exact) mass is 158 g/mol. The van der Waals surface area contributed by atoms with Gasteiger partial charge in [0.25, 0.3) is 0 Å². The SMILES string of the molecule is CCCC(N)(N=[N+]=[N-])C(=O)O. The summed E-state index contributed by atoms with van der Waals surface area (Å²) in [6, 6.07) is 0. The third-order valence-corrected chi connectivity index (χ3v) is 1.22. The summed E-state index contributed by atoms with van der Waals surface area (Å²) in [5, 5.41) is 11.5. The molecule has 0 saturated carbocycles. The first kappa shape index (κ1) is 9.74. The van der Waals surface area contributed by atoms with E-state index < -0.39 is 11.6 Å². The highest BCUT2D eigenvalue weighted by Gasteiger charge is 2.31. The van der Waals surface area contributed by atoms with Gasteiger partial charge in [-0.05, 0) is 12.0 Å². The second-order valence-electron chi connectivity index (χ2n) is 2.17. The number of carboxylic acids is 1. The van der Waals surface area contributed by atoms with E-state index in [1.165, 1.54) is 0 Å². The Morgan fingerprint density at radius 2 is 2.45 bits per heavy atom. The van der Waals surface area contributed by atoms with E-state index in [2.05, 4.69) is 10.0 Å². The quantitative estimate of drug-likeness (QED) is 0.359. The van der Waals surface area contributed by atoms with Gasteiger partial charge in [-0.15, -0.1) is 0 Å². The number of nitrogens with two attached hydrogens (primary N) is 1. The molecule has 0 aromatic rings. The number of azide groups is 1. The molecule has 0 aromatic heterocycles. The average molecular weight is 158 g/mol. The molecule has 1 unspecified atom stereocenters. The molecule has 0 aliphatic carbocycles. The van der Waals surface area contributed by atoms with Gasteiger partial charge in [-0.2, -0.15) is 0 Å². The summed E-state index contributed by atoms with van der Waals surface area (Å²) in [7, 11) is 0. The largest absolute Gasteiger partial charge is 0.480 e. The number of carboxylic acid groups (broad SMARTS) is 1. The minimum absolute atomic E-state index is 0.145. The van der Waals surface area contributed by atoms with Gasteiger partial charge >= 0.3 is 5.97 Å². The van der Waals surface area contributed by atoms with E-state index in [1.54, 1.807) is 6.92 Å². The molecular weight excluding hydrogens is 148 g/mol. The van der Waals surface area contributed by atoms with Crippen molar-refractivity contribution < 1.29 is 9.90 Å². The van der Waals surface area contributed by atoms with Crippen LogP contribution >= 0.6 is 0 Å². The highest BCUT2D eigenvalue weighted by Crippen LogP contribution is 2.11. The Hall–Kier alpha value is -1.26. The van der Waals surface area contributed by atoms with Gasteiger partial charge in [0.2, 0.25) is 0 Å². The van der Waals surface area contributed by atoms with Crippen molar-refractivity contribution in [1.82, 2.24) is 0 Å². The van der Waals surface area contributed by atoms with Gasteiger partial charge in [0.05, 0.1) is 0 Å². The maximum absolute atomic E-state index is 10.4. The third kappa shape index (κ3) is 2.45. The minimum atomic E-state index is -1.77. The van der Waals surface area contributed by atoms with Crippen LogP contribution < -0.4 is 5.73 Å². The zero-order valence-corrected chi connectivity index (χ0v) is 6.19. The number of carbonyl (C=O) groups is 1. The minimum Gasteiger partial charge on any atom is -0.480 e. The predicted octanol–water partition coefficient (Wildman–Crippen LogP) is 0.836.